The van der Waals surface area contributed by atoms with Gasteiger partial charge in [-0.1, -0.05) is 24.3 Å². The van der Waals surface area contributed by atoms with Crippen molar-refractivity contribution in [3.63, 3.8) is 0 Å². The molecule has 1 aliphatic carbocycles. The van der Waals surface area contributed by atoms with E-state index in [9.17, 15) is 4.79 Å². The Hall–Kier alpha value is -2.75. The quantitative estimate of drug-likeness (QED) is 0.545. The minimum atomic E-state index is -0.347. The van der Waals surface area contributed by atoms with Crippen LogP contribution in [0.15, 0.2) is 42.5 Å². The lowest BCUT2D eigenvalue weighted by molar-refractivity contribution is -0.137. The molecule has 2 aromatic carbocycles. The first kappa shape index (κ1) is 15.2. The largest absolute Gasteiger partial charge is 0.493 e. The molecule has 118 valence electrons. The molecule has 0 heterocycles. The predicted octanol–water partition coefficient (Wildman–Crippen LogP) is 3.68. The van der Waals surface area contributed by atoms with Crippen LogP contribution in [0.2, 0.25) is 0 Å². The second-order valence-corrected chi connectivity index (χ2v) is 5.11. The Kier molecular flexibility index (Phi) is 4.06. The van der Waals surface area contributed by atoms with E-state index in [2.05, 4.69) is 0 Å². The maximum absolute atomic E-state index is 11.9. The lowest BCUT2D eigenvalue weighted by atomic mass is 10.0. The summed E-state index contributed by atoms with van der Waals surface area (Å²) in [5.74, 6) is 0.951. The van der Waals surface area contributed by atoms with Crippen molar-refractivity contribution < 1.29 is 19.0 Å². The van der Waals surface area contributed by atoms with Crippen LogP contribution in [-0.4, -0.2) is 26.8 Å². The lowest BCUT2D eigenvalue weighted by Gasteiger charge is -2.11. The Labute approximate surface area is 135 Å². The molecule has 4 nitrogen and oxygen atoms in total. The van der Waals surface area contributed by atoms with E-state index >= 15 is 0 Å². The van der Waals surface area contributed by atoms with Gasteiger partial charge in [0.15, 0.2) is 11.5 Å². The fraction of sp³-hybridized carbons (Fsp3) is 0.211. The minimum absolute atomic E-state index is 0.347. The molecule has 23 heavy (non-hydrogen) atoms. The van der Waals surface area contributed by atoms with Crippen LogP contribution in [-0.2, 0) is 9.53 Å². The number of esters is 1. The summed E-state index contributed by atoms with van der Waals surface area (Å²) in [6.45, 7) is 2.14. The average molecular weight is 310 g/mol. The minimum Gasteiger partial charge on any atom is -0.493 e. The first-order valence-corrected chi connectivity index (χ1v) is 7.44. The molecule has 0 aliphatic heterocycles. The summed E-state index contributed by atoms with van der Waals surface area (Å²) in [6.07, 6.45) is 1.54. The number of carbonyl (C=O) groups is 1. The summed E-state index contributed by atoms with van der Waals surface area (Å²) in [4.78, 5) is 11.9. The standard InChI is InChI=1S/C19H18O4/c1-4-23-19(20)11-16-13-8-6-5-7-12(13)14-9-17(21-2)18(22-3)10-15(14)16/h5-11H,4H2,1-3H3/b16-11-. The number of benzene rings is 2. The van der Waals surface area contributed by atoms with Gasteiger partial charge >= 0.3 is 5.97 Å². The Balaban J connectivity index is 2.23. The van der Waals surface area contributed by atoms with Gasteiger partial charge in [-0.25, -0.2) is 4.79 Å². The Morgan fingerprint density at radius 1 is 0.957 bits per heavy atom. The molecule has 0 saturated carbocycles. The molecule has 0 amide bonds. The van der Waals surface area contributed by atoms with Gasteiger partial charge in [0, 0.05) is 6.08 Å². The second kappa shape index (κ2) is 6.16. The third-order valence-electron chi connectivity index (χ3n) is 3.87. The van der Waals surface area contributed by atoms with E-state index in [0.717, 1.165) is 27.8 Å². The average Bonchev–Trinajstić information content (AvgIpc) is 2.87. The summed E-state index contributed by atoms with van der Waals surface area (Å²) >= 11 is 0. The number of carbonyl (C=O) groups excluding carboxylic acids is 1. The highest BCUT2D eigenvalue weighted by atomic mass is 16.5. The fourth-order valence-electron chi connectivity index (χ4n) is 2.88. The molecule has 0 atom stereocenters. The van der Waals surface area contributed by atoms with Crippen molar-refractivity contribution in [3.05, 3.63) is 53.6 Å². The highest BCUT2D eigenvalue weighted by Gasteiger charge is 2.26. The molecule has 0 fully saturated rings. The summed E-state index contributed by atoms with van der Waals surface area (Å²) in [5, 5.41) is 0. The Morgan fingerprint density at radius 3 is 2.17 bits per heavy atom. The number of methoxy groups -OCH3 is 2. The van der Waals surface area contributed by atoms with Gasteiger partial charge in [0.1, 0.15) is 0 Å². The van der Waals surface area contributed by atoms with Gasteiger partial charge in [0.2, 0.25) is 0 Å². The topological polar surface area (TPSA) is 44.8 Å². The maximum Gasteiger partial charge on any atom is 0.331 e. The van der Waals surface area contributed by atoms with Crippen LogP contribution >= 0.6 is 0 Å². The van der Waals surface area contributed by atoms with Crippen molar-refractivity contribution in [1.82, 2.24) is 0 Å². The molecule has 4 heteroatoms. The van der Waals surface area contributed by atoms with Crippen molar-refractivity contribution in [3.8, 4) is 22.6 Å². The monoisotopic (exact) mass is 310 g/mol. The van der Waals surface area contributed by atoms with Crippen LogP contribution < -0.4 is 9.47 Å². The van der Waals surface area contributed by atoms with E-state index in [1.807, 2.05) is 36.4 Å². The van der Waals surface area contributed by atoms with Crippen LogP contribution in [0, 0.1) is 0 Å². The smallest absolute Gasteiger partial charge is 0.331 e. The van der Waals surface area contributed by atoms with Crippen LogP contribution in [0.5, 0.6) is 11.5 Å². The number of hydrogen-bond acceptors (Lipinski definition) is 4. The summed E-state index contributed by atoms with van der Waals surface area (Å²) in [6, 6.07) is 11.8. The molecule has 0 saturated heterocycles. The van der Waals surface area contributed by atoms with Gasteiger partial charge in [-0.05, 0) is 46.9 Å². The zero-order valence-corrected chi connectivity index (χ0v) is 13.4. The maximum atomic E-state index is 11.9. The van der Waals surface area contributed by atoms with E-state index in [4.69, 9.17) is 14.2 Å². The summed E-state index contributed by atoms with van der Waals surface area (Å²) in [5.41, 5.74) is 4.88. The van der Waals surface area contributed by atoms with E-state index in [-0.39, 0.29) is 5.97 Å². The molecule has 0 bridgehead atoms. The van der Waals surface area contributed by atoms with E-state index in [0.29, 0.717) is 18.1 Å². The van der Waals surface area contributed by atoms with E-state index in [1.165, 1.54) is 0 Å². The second-order valence-electron chi connectivity index (χ2n) is 5.11. The SMILES string of the molecule is CCOC(=O)/C=C1/c2ccccc2-c2cc(OC)c(OC)cc21. The molecule has 1 aliphatic rings. The van der Waals surface area contributed by atoms with Gasteiger partial charge in [-0.15, -0.1) is 0 Å². The van der Waals surface area contributed by atoms with Gasteiger partial charge in [-0.3, -0.25) is 0 Å². The highest BCUT2D eigenvalue weighted by molar-refractivity contribution is 6.07. The highest BCUT2D eigenvalue weighted by Crippen LogP contribution is 2.48. The zero-order valence-electron chi connectivity index (χ0n) is 13.4. The van der Waals surface area contributed by atoms with Gasteiger partial charge < -0.3 is 14.2 Å². The molecule has 0 N–H and O–H groups in total. The number of hydrogen-bond donors (Lipinski definition) is 0. The van der Waals surface area contributed by atoms with Crippen molar-refractivity contribution in [2.75, 3.05) is 20.8 Å². The van der Waals surface area contributed by atoms with Gasteiger partial charge in [-0.2, -0.15) is 0 Å². The van der Waals surface area contributed by atoms with Crippen molar-refractivity contribution in [2.45, 2.75) is 6.92 Å². The van der Waals surface area contributed by atoms with Crippen molar-refractivity contribution >= 4 is 11.5 Å². The summed E-state index contributed by atoms with van der Waals surface area (Å²) in [7, 11) is 3.21. The van der Waals surface area contributed by atoms with E-state index < -0.39 is 0 Å². The van der Waals surface area contributed by atoms with E-state index in [1.54, 1.807) is 27.2 Å². The van der Waals surface area contributed by atoms with Gasteiger partial charge in [0.25, 0.3) is 0 Å². The molecule has 0 spiro atoms. The molecule has 0 unspecified atom stereocenters. The Morgan fingerprint density at radius 2 is 1.57 bits per heavy atom. The van der Waals surface area contributed by atoms with Crippen LogP contribution in [0.1, 0.15) is 18.1 Å². The number of fused-ring (bicyclic) bond motifs is 3. The molecule has 0 radical (unpaired) electrons. The Bertz CT molecular complexity index is 790. The molecular weight excluding hydrogens is 292 g/mol. The normalized spacial score (nSPS) is 13.4. The molecule has 3 rings (SSSR count). The predicted molar refractivity (Wildman–Crippen MR) is 88.7 cm³/mol. The van der Waals surface area contributed by atoms with Crippen molar-refractivity contribution in [2.24, 2.45) is 0 Å². The zero-order chi connectivity index (χ0) is 16.4. The number of ether oxygens (including phenoxy) is 3. The van der Waals surface area contributed by atoms with Crippen LogP contribution in [0.3, 0.4) is 0 Å². The number of rotatable bonds is 4. The molecule has 0 aromatic heterocycles. The third kappa shape index (κ3) is 2.57. The van der Waals surface area contributed by atoms with Gasteiger partial charge in [0.05, 0.1) is 20.8 Å². The third-order valence-corrected chi connectivity index (χ3v) is 3.87. The van der Waals surface area contributed by atoms with Crippen molar-refractivity contribution in [1.29, 1.82) is 0 Å². The van der Waals surface area contributed by atoms with Crippen LogP contribution in [0.25, 0.3) is 16.7 Å². The lowest BCUT2D eigenvalue weighted by Crippen LogP contribution is -2.01. The molecular formula is C19H18O4. The fourth-order valence-corrected chi connectivity index (χ4v) is 2.88. The van der Waals surface area contributed by atoms with Crippen LogP contribution in [0.4, 0.5) is 0 Å². The molecule has 2 aromatic rings. The summed E-state index contributed by atoms with van der Waals surface area (Å²) < 4.78 is 15.9. The first-order chi connectivity index (χ1) is 11.2. The first-order valence-electron chi connectivity index (χ1n) is 7.44.